The number of hydrazine groups is 1. The molecule has 4 aliphatic carbocycles. The number of hydrogen-bond donors (Lipinski definition) is 2. The monoisotopic (exact) mass is 454 g/mol. The van der Waals surface area contributed by atoms with Crippen LogP contribution in [0.4, 0.5) is 0 Å². The molecule has 170 valence electrons. The molecule has 2 aromatic heterocycles. The van der Waals surface area contributed by atoms with Crippen molar-refractivity contribution in [3.8, 4) is 0 Å². The quantitative estimate of drug-likeness (QED) is 0.498. The van der Waals surface area contributed by atoms with E-state index < -0.39 is 0 Å². The van der Waals surface area contributed by atoms with Gasteiger partial charge in [0.25, 0.3) is 5.91 Å². The van der Waals surface area contributed by atoms with Crippen LogP contribution in [0.25, 0.3) is 0 Å². The van der Waals surface area contributed by atoms with E-state index in [0.29, 0.717) is 22.8 Å². The van der Waals surface area contributed by atoms with Gasteiger partial charge in [-0.15, -0.1) is 11.8 Å². The molecule has 4 fully saturated rings. The summed E-state index contributed by atoms with van der Waals surface area (Å²) < 4.78 is 5.22. The maximum absolute atomic E-state index is 12.8. The molecule has 7 nitrogen and oxygen atoms in total. The SMILES string of the molecule is Cc1noc(C)c1CSc1ncccc1C(=O)NNC(=O)CC12CC3CC(CC(C3)C1)C2. The number of carbonyl (C=O) groups is 2. The Morgan fingerprint density at radius 2 is 1.81 bits per heavy atom. The van der Waals surface area contributed by atoms with E-state index in [1.807, 2.05) is 13.8 Å². The molecule has 0 unspecified atom stereocenters. The van der Waals surface area contributed by atoms with Gasteiger partial charge in [0.05, 0.1) is 11.3 Å². The Morgan fingerprint density at radius 3 is 2.44 bits per heavy atom. The molecule has 2 amide bonds. The largest absolute Gasteiger partial charge is 0.361 e. The van der Waals surface area contributed by atoms with Crippen molar-refractivity contribution in [3.63, 3.8) is 0 Å². The number of pyridine rings is 1. The summed E-state index contributed by atoms with van der Waals surface area (Å²) in [5.41, 5.74) is 7.73. The Bertz CT molecular complexity index is 979. The van der Waals surface area contributed by atoms with Crippen molar-refractivity contribution in [3.05, 3.63) is 40.9 Å². The van der Waals surface area contributed by atoms with Gasteiger partial charge >= 0.3 is 0 Å². The third kappa shape index (κ3) is 4.29. The van der Waals surface area contributed by atoms with Crippen molar-refractivity contribution < 1.29 is 14.1 Å². The van der Waals surface area contributed by atoms with Gasteiger partial charge in [0.2, 0.25) is 5.91 Å². The normalized spacial score (nSPS) is 28.0. The summed E-state index contributed by atoms with van der Waals surface area (Å²) in [7, 11) is 0. The van der Waals surface area contributed by atoms with Gasteiger partial charge in [0.1, 0.15) is 10.8 Å². The van der Waals surface area contributed by atoms with Gasteiger partial charge in [-0.3, -0.25) is 20.4 Å². The van der Waals surface area contributed by atoms with Crippen molar-refractivity contribution in [1.82, 2.24) is 21.0 Å². The summed E-state index contributed by atoms with van der Waals surface area (Å²) in [4.78, 5) is 29.9. The fourth-order valence-corrected chi connectivity index (χ4v) is 7.76. The maximum Gasteiger partial charge on any atom is 0.272 e. The van der Waals surface area contributed by atoms with Gasteiger partial charge in [-0.05, 0) is 87.7 Å². The van der Waals surface area contributed by atoms with E-state index in [0.717, 1.165) is 34.8 Å². The molecule has 0 aromatic carbocycles. The van der Waals surface area contributed by atoms with Gasteiger partial charge < -0.3 is 4.52 Å². The first-order valence-corrected chi connectivity index (χ1v) is 12.5. The summed E-state index contributed by atoms with van der Waals surface area (Å²) in [6.07, 6.45) is 9.75. The van der Waals surface area contributed by atoms with Crippen LogP contribution >= 0.6 is 11.8 Å². The number of nitrogens with zero attached hydrogens (tertiary/aromatic N) is 2. The second-order valence-corrected chi connectivity index (χ2v) is 11.0. The Labute approximate surface area is 192 Å². The fourth-order valence-electron chi connectivity index (χ4n) is 6.61. The van der Waals surface area contributed by atoms with Crippen LogP contribution in [0.5, 0.6) is 0 Å². The highest BCUT2D eigenvalue weighted by atomic mass is 32.2. The molecule has 0 spiro atoms. The fraction of sp³-hybridized carbons (Fsp3) is 0.583. The first kappa shape index (κ1) is 21.5. The summed E-state index contributed by atoms with van der Waals surface area (Å²) >= 11 is 1.46. The minimum Gasteiger partial charge on any atom is -0.361 e. The van der Waals surface area contributed by atoms with Crippen LogP contribution in [0.1, 0.15) is 72.3 Å². The first-order valence-electron chi connectivity index (χ1n) is 11.5. The second-order valence-electron chi connectivity index (χ2n) is 10.0. The van der Waals surface area contributed by atoms with E-state index in [2.05, 4.69) is 21.0 Å². The van der Waals surface area contributed by atoms with Crippen LogP contribution in [-0.2, 0) is 10.5 Å². The van der Waals surface area contributed by atoms with Crippen LogP contribution in [0, 0.1) is 37.0 Å². The number of thioether (sulfide) groups is 1. The molecule has 2 N–H and O–H groups in total. The highest BCUT2D eigenvalue weighted by Gasteiger charge is 2.51. The molecule has 2 aromatic rings. The predicted molar refractivity (Wildman–Crippen MR) is 121 cm³/mol. The molecular weight excluding hydrogens is 424 g/mol. The Kier molecular flexibility index (Phi) is 5.73. The molecule has 0 atom stereocenters. The number of nitrogens with one attached hydrogen (secondary N) is 2. The summed E-state index contributed by atoms with van der Waals surface area (Å²) in [5, 5.41) is 4.59. The predicted octanol–water partition coefficient (Wildman–Crippen LogP) is 4.35. The molecule has 0 aliphatic heterocycles. The number of amides is 2. The molecule has 0 radical (unpaired) electrons. The highest BCUT2D eigenvalue weighted by Crippen LogP contribution is 2.61. The average Bonchev–Trinajstić information content (AvgIpc) is 3.06. The molecule has 0 saturated heterocycles. The Morgan fingerprint density at radius 1 is 1.12 bits per heavy atom. The van der Waals surface area contributed by atoms with E-state index in [9.17, 15) is 9.59 Å². The van der Waals surface area contributed by atoms with Gasteiger partial charge in [-0.2, -0.15) is 0 Å². The molecule has 4 saturated carbocycles. The number of aromatic nitrogens is 2. The lowest BCUT2D eigenvalue weighted by Crippen LogP contribution is -2.50. The molecule has 6 rings (SSSR count). The van der Waals surface area contributed by atoms with Crippen molar-refractivity contribution >= 4 is 23.6 Å². The minimum atomic E-state index is -0.349. The van der Waals surface area contributed by atoms with Crippen molar-refractivity contribution in [2.24, 2.45) is 23.2 Å². The summed E-state index contributed by atoms with van der Waals surface area (Å²) in [5.74, 6) is 3.35. The summed E-state index contributed by atoms with van der Waals surface area (Å²) in [6.45, 7) is 3.78. The van der Waals surface area contributed by atoms with Gasteiger partial charge in [0, 0.05) is 23.9 Å². The first-order chi connectivity index (χ1) is 15.4. The average molecular weight is 455 g/mol. The minimum absolute atomic E-state index is 0.0888. The Hall–Kier alpha value is -2.35. The molecule has 8 heteroatoms. The lowest BCUT2D eigenvalue weighted by Gasteiger charge is -2.56. The van der Waals surface area contributed by atoms with Crippen LogP contribution in [0.3, 0.4) is 0 Å². The topological polar surface area (TPSA) is 97.1 Å². The third-order valence-corrected chi connectivity index (χ3v) is 8.60. The van der Waals surface area contributed by atoms with Crippen LogP contribution in [-0.4, -0.2) is 22.0 Å². The van der Waals surface area contributed by atoms with Crippen LogP contribution in [0.15, 0.2) is 27.9 Å². The zero-order valence-electron chi connectivity index (χ0n) is 18.6. The van der Waals surface area contributed by atoms with Gasteiger partial charge in [-0.25, -0.2) is 4.98 Å². The van der Waals surface area contributed by atoms with Gasteiger partial charge in [0.15, 0.2) is 0 Å². The molecular formula is C24H30N4O3S. The standard InChI is InChI=1S/C24H30N4O3S/c1-14-20(15(2)31-28-14)13-32-23-19(4-3-5-25-23)22(30)27-26-21(29)12-24-9-16-6-17(10-24)8-18(7-16)11-24/h3-5,16-18H,6-13H2,1-2H3,(H,26,29)(H,27,30). The van der Waals surface area contributed by atoms with Crippen molar-refractivity contribution in [2.45, 2.75) is 69.6 Å². The maximum atomic E-state index is 12.8. The van der Waals surface area contributed by atoms with Crippen LogP contribution < -0.4 is 10.9 Å². The lowest BCUT2D eigenvalue weighted by molar-refractivity contribution is -0.130. The highest BCUT2D eigenvalue weighted by molar-refractivity contribution is 7.98. The van der Waals surface area contributed by atoms with E-state index in [1.165, 1.54) is 50.3 Å². The van der Waals surface area contributed by atoms with E-state index in [-0.39, 0.29) is 17.2 Å². The zero-order valence-corrected chi connectivity index (χ0v) is 19.5. The number of carbonyl (C=O) groups excluding carboxylic acids is 2. The van der Waals surface area contributed by atoms with E-state index in [4.69, 9.17) is 4.52 Å². The molecule has 4 aliphatic rings. The molecule has 2 heterocycles. The van der Waals surface area contributed by atoms with Crippen LogP contribution in [0.2, 0.25) is 0 Å². The van der Waals surface area contributed by atoms with E-state index >= 15 is 0 Å². The third-order valence-electron chi connectivity index (χ3n) is 7.57. The Balaban J connectivity index is 1.18. The van der Waals surface area contributed by atoms with Gasteiger partial charge in [-0.1, -0.05) is 5.16 Å². The number of aryl methyl sites for hydroxylation is 2. The van der Waals surface area contributed by atoms with Crippen molar-refractivity contribution in [1.29, 1.82) is 0 Å². The second kappa shape index (κ2) is 8.54. The lowest BCUT2D eigenvalue weighted by atomic mass is 9.49. The smallest absolute Gasteiger partial charge is 0.272 e. The number of hydrogen-bond acceptors (Lipinski definition) is 6. The summed E-state index contributed by atoms with van der Waals surface area (Å²) in [6, 6.07) is 3.45. The van der Waals surface area contributed by atoms with Crippen molar-refractivity contribution in [2.75, 3.05) is 0 Å². The zero-order chi connectivity index (χ0) is 22.3. The number of rotatable bonds is 6. The molecule has 32 heavy (non-hydrogen) atoms. The van der Waals surface area contributed by atoms with E-state index in [1.54, 1.807) is 18.3 Å². The molecule has 4 bridgehead atoms.